The second-order valence-corrected chi connectivity index (χ2v) is 6.15. The first kappa shape index (κ1) is 14.7. The molecule has 0 unspecified atom stereocenters. The number of nitrogens with zero attached hydrogens (tertiary/aromatic N) is 2. The van der Waals surface area contributed by atoms with Crippen molar-refractivity contribution in [1.82, 2.24) is 10.2 Å². The van der Waals surface area contributed by atoms with Crippen LogP contribution in [-0.4, -0.2) is 23.1 Å². The fraction of sp³-hybridized carbons (Fsp3) is 0.133. The molecule has 0 saturated carbocycles. The molecule has 0 fully saturated rings. The van der Waals surface area contributed by atoms with Gasteiger partial charge < -0.3 is 9.15 Å². The molecule has 112 valence electrons. The molecular weight excluding hydrogens is 324 g/mol. The van der Waals surface area contributed by atoms with Gasteiger partial charge in [-0.3, -0.25) is 4.79 Å². The Morgan fingerprint density at radius 3 is 2.91 bits per heavy atom. The number of thiophene rings is 1. The van der Waals surface area contributed by atoms with E-state index in [1.165, 1.54) is 11.3 Å². The van der Waals surface area contributed by atoms with Crippen molar-refractivity contribution in [3.63, 3.8) is 0 Å². The van der Waals surface area contributed by atoms with Gasteiger partial charge in [0.2, 0.25) is 11.8 Å². The number of benzene rings is 1. The molecule has 22 heavy (non-hydrogen) atoms. The summed E-state index contributed by atoms with van der Waals surface area (Å²) in [5, 5.41) is 7.88. The van der Waals surface area contributed by atoms with Gasteiger partial charge in [-0.05, 0) is 30.3 Å². The number of hydrogen-bond donors (Lipinski definition) is 0. The zero-order valence-corrected chi connectivity index (χ0v) is 13.1. The van der Waals surface area contributed by atoms with Crippen molar-refractivity contribution in [3.05, 3.63) is 51.5 Å². The second-order valence-electron chi connectivity index (χ2n) is 4.44. The molecule has 0 saturated heterocycles. The second kappa shape index (κ2) is 6.29. The summed E-state index contributed by atoms with van der Waals surface area (Å²) < 4.78 is 11.3. The highest BCUT2D eigenvalue weighted by atomic mass is 35.5. The summed E-state index contributed by atoms with van der Waals surface area (Å²) in [6.07, 6.45) is 0.0494. The summed E-state index contributed by atoms with van der Waals surface area (Å²) in [5.74, 6) is 1.22. The van der Waals surface area contributed by atoms with Crippen molar-refractivity contribution in [2.75, 3.05) is 7.11 Å². The molecule has 7 heteroatoms. The minimum absolute atomic E-state index is 0.0494. The Bertz CT molecular complexity index is 812. The van der Waals surface area contributed by atoms with Crippen LogP contribution >= 0.6 is 22.9 Å². The predicted octanol–water partition coefficient (Wildman–Crippen LogP) is 3.89. The van der Waals surface area contributed by atoms with Crippen molar-refractivity contribution in [2.24, 2.45) is 0 Å². The van der Waals surface area contributed by atoms with Crippen molar-refractivity contribution in [2.45, 2.75) is 6.42 Å². The first-order valence-corrected chi connectivity index (χ1v) is 7.60. The molecule has 0 aliphatic rings. The van der Waals surface area contributed by atoms with Crippen LogP contribution in [0, 0.1) is 0 Å². The van der Waals surface area contributed by atoms with Crippen molar-refractivity contribution in [1.29, 1.82) is 0 Å². The lowest BCUT2D eigenvalue weighted by atomic mass is 10.2. The number of aromatic nitrogens is 2. The molecule has 2 aromatic heterocycles. The highest BCUT2D eigenvalue weighted by Gasteiger charge is 2.15. The van der Waals surface area contributed by atoms with Crippen LogP contribution in [0.3, 0.4) is 0 Å². The monoisotopic (exact) mass is 334 g/mol. The van der Waals surface area contributed by atoms with Gasteiger partial charge in [-0.2, -0.15) is 0 Å². The van der Waals surface area contributed by atoms with E-state index in [1.807, 2.05) is 18.2 Å². The largest absolute Gasteiger partial charge is 0.497 e. The van der Waals surface area contributed by atoms with Gasteiger partial charge in [0.1, 0.15) is 5.75 Å². The quantitative estimate of drug-likeness (QED) is 0.662. The number of hydrogen-bond acceptors (Lipinski definition) is 6. The van der Waals surface area contributed by atoms with Gasteiger partial charge in [0.05, 0.1) is 22.7 Å². The first-order valence-electron chi connectivity index (χ1n) is 6.41. The summed E-state index contributed by atoms with van der Waals surface area (Å²) >= 11 is 7.06. The Labute approximate surface area is 135 Å². The third-order valence-electron chi connectivity index (χ3n) is 2.94. The van der Waals surface area contributed by atoms with E-state index in [4.69, 9.17) is 20.8 Å². The predicted molar refractivity (Wildman–Crippen MR) is 83.6 cm³/mol. The smallest absolute Gasteiger partial charge is 0.247 e. The van der Waals surface area contributed by atoms with Crippen LogP contribution in [0.15, 0.2) is 40.8 Å². The maximum absolute atomic E-state index is 12.1. The minimum Gasteiger partial charge on any atom is -0.497 e. The molecule has 0 amide bonds. The first-order chi connectivity index (χ1) is 10.7. The normalized spacial score (nSPS) is 10.6. The number of halogens is 1. The molecule has 0 bridgehead atoms. The number of ketones is 1. The van der Waals surface area contributed by atoms with Gasteiger partial charge in [-0.15, -0.1) is 21.5 Å². The van der Waals surface area contributed by atoms with Crippen LogP contribution in [0.2, 0.25) is 4.34 Å². The zero-order valence-electron chi connectivity index (χ0n) is 11.6. The van der Waals surface area contributed by atoms with E-state index < -0.39 is 0 Å². The highest BCUT2D eigenvalue weighted by Crippen LogP contribution is 2.25. The fourth-order valence-corrected chi connectivity index (χ4v) is 2.87. The van der Waals surface area contributed by atoms with Gasteiger partial charge in [0, 0.05) is 5.56 Å². The molecular formula is C15H11ClN2O3S. The molecule has 0 aliphatic heterocycles. The average molecular weight is 335 g/mol. The van der Waals surface area contributed by atoms with Gasteiger partial charge in [-0.1, -0.05) is 17.7 Å². The molecule has 1 aromatic carbocycles. The lowest BCUT2D eigenvalue weighted by Crippen LogP contribution is -2.01. The molecule has 0 spiro atoms. The fourth-order valence-electron chi connectivity index (χ4n) is 1.89. The van der Waals surface area contributed by atoms with Gasteiger partial charge >= 0.3 is 0 Å². The maximum atomic E-state index is 12.1. The maximum Gasteiger partial charge on any atom is 0.247 e. The van der Waals surface area contributed by atoms with Crippen molar-refractivity contribution < 1.29 is 13.9 Å². The van der Waals surface area contributed by atoms with E-state index in [9.17, 15) is 4.79 Å². The molecule has 3 aromatic rings. The van der Waals surface area contributed by atoms with Gasteiger partial charge in [-0.25, -0.2) is 0 Å². The molecule has 0 aliphatic carbocycles. The van der Waals surface area contributed by atoms with Crippen LogP contribution in [0.1, 0.15) is 15.6 Å². The van der Waals surface area contributed by atoms with Crippen molar-refractivity contribution >= 4 is 28.7 Å². The van der Waals surface area contributed by atoms with Crippen LogP contribution in [0.5, 0.6) is 5.75 Å². The van der Waals surface area contributed by atoms with Gasteiger partial charge in [0.15, 0.2) is 5.78 Å². The molecule has 0 atom stereocenters. The Kier molecular flexibility index (Phi) is 4.22. The molecule has 0 radical (unpaired) electrons. The van der Waals surface area contributed by atoms with Crippen molar-refractivity contribution in [3.8, 4) is 17.2 Å². The summed E-state index contributed by atoms with van der Waals surface area (Å²) in [4.78, 5) is 12.7. The molecule has 3 rings (SSSR count). The lowest BCUT2D eigenvalue weighted by Gasteiger charge is -2.00. The number of Topliss-reactive ketones (excluding diaryl/α,β-unsaturated/α-hetero) is 1. The van der Waals surface area contributed by atoms with E-state index in [0.717, 1.165) is 5.56 Å². The molecule has 2 heterocycles. The summed E-state index contributed by atoms with van der Waals surface area (Å²) in [6, 6.07) is 10.7. The number of rotatable bonds is 5. The molecule has 5 nitrogen and oxygen atoms in total. The van der Waals surface area contributed by atoms with E-state index in [0.29, 0.717) is 20.9 Å². The summed E-state index contributed by atoms with van der Waals surface area (Å²) in [5.41, 5.74) is 0.740. The van der Waals surface area contributed by atoms with E-state index in [-0.39, 0.29) is 18.1 Å². The number of carbonyl (C=O) groups is 1. The highest BCUT2D eigenvalue weighted by molar-refractivity contribution is 7.18. The van der Waals surface area contributed by atoms with Crippen LogP contribution in [0.4, 0.5) is 0 Å². The van der Waals surface area contributed by atoms with Crippen LogP contribution in [0.25, 0.3) is 11.5 Å². The Balaban J connectivity index is 1.77. The summed E-state index contributed by atoms with van der Waals surface area (Å²) in [7, 11) is 1.59. The SMILES string of the molecule is COc1cccc(-c2nnc(CC(=O)c3ccc(Cl)s3)o2)c1. The van der Waals surface area contributed by atoms with E-state index >= 15 is 0 Å². The minimum atomic E-state index is -0.0993. The van der Waals surface area contributed by atoms with E-state index in [1.54, 1.807) is 25.3 Å². The number of ether oxygens (including phenoxy) is 1. The number of carbonyl (C=O) groups excluding carboxylic acids is 1. The standard InChI is InChI=1S/C15H11ClN2O3S/c1-20-10-4-2-3-9(7-10)15-18-17-14(21-15)8-11(19)12-5-6-13(16)22-12/h2-7H,8H2,1H3. The van der Waals surface area contributed by atoms with Gasteiger partial charge in [0.25, 0.3) is 0 Å². The molecule has 0 N–H and O–H groups in total. The Hall–Kier alpha value is -2.18. The van der Waals surface area contributed by atoms with E-state index in [2.05, 4.69) is 10.2 Å². The Morgan fingerprint density at radius 2 is 2.18 bits per heavy atom. The Morgan fingerprint density at radius 1 is 1.32 bits per heavy atom. The summed E-state index contributed by atoms with van der Waals surface area (Å²) in [6.45, 7) is 0. The third kappa shape index (κ3) is 3.18. The lowest BCUT2D eigenvalue weighted by molar-refractivity contribution is 0.0989. The van der Waals surface area contributed by atoms with Crippen LogP contribution in [-0.2, 0) is 6.42 Å². The van der Waals surface area contributed by atoms with Crippen LogP contribution < -0.4 is 4.74 Å². The topological polar surface area (TPSA) is 65.2 Å². The number of methoxy groups -OCH3 is 1. The average Bonchev–Trinajstić information content (AvgIpc) is 3.16. The zero-order chi connectivity index (χ0) is 15.5. The third-order valence-corrected chi connectivity index (χ3v) is 4.22.